The molecule has 0 aliphatic carbocycles. The second-order valence-corrected chi connectivity index (χ2v) is 6.87. The Kier molecular flexibility index (Phi) is 3.28. The van der Waals surface area contributed by atoms with Gasteiger partial charge in [0.25, 0.3) is 0 Å². The van der Waals surface area contributed by atoms with Crippen LogP contribution in [0.1, 0.15) is 19.4 Å². The van der Waals surface area contributed by atoms with Crippen molar-refractivity contribution < 1.29 is 13.5 Å². The van der Waals surface area contributed by atoms with Gasteiger partial charge in [-0.25, -0.2) is 8.42 Å². The van der Waals surface area contributed by atoms with Gasteiger partial charge in [-0.2, -0.15) is 0 Å². The van der Waals surface area contributed by atoms with E-state index in [0.29, 0.717) is 10.0 Å². The van der Waals surface area contributed by atoms with Crippen molar-refractivity contribution in [3.63, 3.8) is 0 Å². The summed E-state index contributed by atoms with van der Waals surface area (Å²) in [5, 5.41) is 9.84. The highest BCUT2D eigenvalue weighted by molar-refractivity contribution is 9.10. The minimum absolute atomic E-state index is 0.157. The molecule has 0 heterocycles. The number of benzene rings is 1. The van der Waals surface area contributed by atoms with Crippen molar-refractivity contribution in [2.45, 2.75) is 24.3 Å². The number of rotatable bonds is 2. The van der Waals surface area contributed by atoms with Gasteiger partial charge in [-0.05, 0) is 26.0 Å². The molecule has 0 unspecified atom stereocenters. The van der Waals surface area contributed by atoms with Gasteiger partial charge in [-0.15, -0.1) is 0 Å². The lowest BCUT2D eigenvalue weighted by Crippen LogP contribution is -2.19. The van der Waals surface area contributed by atoms with Crippen LogP contribution in [0.3, 0.4) is 0 Å². The Morgan fingerprint density at radius 3 is 2.27 bits per heavy atom. The van der Waals surface area contributed by atoms with E-state index in [1.54, 1.807) is 26.0 Å². The molecule has 0 saturated carbocycles. The second kappa shape index (κ2) is 3.88. The molecular weight excluding hydrogens is 280 g/mol. The van der Waals surface area contributed by atoms with E-state index in [0.717, 1.165) is 6.26 Å². The van der Waals surface area contributed by atoms with Crippen molar-refractivity contribution in [3.8, 4) is 0 Å². The molecule has 5 heteroatoms. The van der Waals surface area contributed by atoms with Crippen LogP contribution in [0.5, 0.6) is 0 Å². The zero-order chi connectivity index (χ0) is 11.9. The molecule has 0 spiro atoms. The molecule has 0 aliphatic rings. The van der Waals surface area contributed by atoms with Crippen molar-refractivity contribution in [1.82, 2.24) is 0 Å². The van der Waals surface area contributed by atoms with Crippen LogP contribution in [0.25, 0.3) is 0 Å². The van der Waals surface area contributed by atoms with Crippen molar-refractivity contribution in [1.29, 1.82) is 0 Å². The van der Waals surface area contributed by atoms with Crippen LogP contribution in [0, 0.1) is 0 Å². The molecule has 0 fully saturated rings. The lowest BCUT2D eigenvalue weighted by molar-refractivity contribution is 0.0755. The molecule has 1 N–H and O–H groups in total. The maximum absolute atomic E-state index is 11.5. The summed E-state index contributed by atoms with van der Waals surface area (Å²) < 4.78 is 23.7. The molecule has 0 aromatic heterocycles. The number of sulfone groups is 1. The van der Waals surface area contributed by atoms with Crippen molar-refractivity contribution in [2.75, 3.05) is 6.26 Å². The summed E-state index contributed by atoms with van der Waals surface area (Å²) in [7, 11) is -3.33. The zero-order valence-corrected chi connectivity index (χ0v) is 11.2. The highest BCUT2D eigenvalue weighted by atomic mass is 79.9. The van der Waals surface area contributed by atoms with Crippen molar-refractivity contribution >= 4 is 25.8 Å². The van der Waals surface area contributed by atoms with E-state index >= 15 is 0 Å². The first-order valence-corrected chi connectivity index (χ1v) is 7.03. The summed E-state index contributed by atoms with van der Waals surface area (Å²) in [5.74, 6) is 0. The molecule has 1 rings (SSSR count). The number of hydrogen-bond donors (Lipinski definition) is 1. The summed E-state index contributed by atoms with van der Waals surface area (Å²) in [6.45, 7) is 3.12. The third-order valence-electron chi connectivity index (χ3n) is 2.00. The standard InChI is InChI=1S/C10H13BrO3S/c1-10(2,12)8-5-4-7(11)6-9(8)15(3,13)14/h4-6,12H,1-3H3. The van der Waals surface area contributed by atoms with Crippen LogP contribution in [-0.4, -0.2) is 19.8 Å². The molecule has 1 aromatic carbocycles. The Balaban J connectivity index is 3.55. The molecule has 15 heavy (non-hydrogen) atoms. The molecule has 3 nitrogen and oxygen atoms in total. The second-order valence-electron chi connectivity index (χ2n) is 3.97. The van der Waals surface area contributed by atoms with E-state index in [4.69, 9.17) is 0 Å². The summed E-state index contributed by atoms with van der Waals surface area (Å²) in [6, 6.07) is 4.82. The topological polar surface area (TPSA) is 54.4 Å². The molecule has 1 aromatic rings. The fourth-order valence-electron chi connectivity index (χ4n) is 1.31. The average molecular weight is 293 g/mol. The van der Waals surface area contributed by atoms with Crippen LogP contribution < -0.4 is 0 Å². The number of halogens is 1. The third-order valence-corrected chi connectivity index (χ3v) is 3.63. The highest BCUT2D eigenvalue weighted by Gasteiger charge is 2.24. The van der Waals surface area contributed by atoms with Gasteiger partial charge in [-0.1, -0.05) is 22.0 Å². The van der Waals surface area contributed by atoms with E-state index in [1.165, 1.54) is 6.07 Å². The van der Waals surface area contributed by atoms with E-state index in [1.807, 2.05) is 0 Å². The first kappa shape index (κ1) is 12.7. The SMILES string of the molecule is CC(C)(O)c1ccc(Br)cc1S(C)(=O)=O. The van der Waals surface area contributed by atoms with Gasteiger partial charge in [0.2, 0.25) is 0 Å². The van der Waals surface area contributed by atoms with Gasteiger partial charge in [0, 0.05) is 16.3 Å². The Morgan fingerprint density at radius 2 is 1.87 bits per heavy atom. The summed E-state index contributed by atoms with van der Waals surface area (Å²) >= 11 is 3.21. The Bertz CT molecular complexity index is 472. The van der Waals surface area contributed by atoms with Crippen molar-refractivity contribution in [2.24, 2.45) is 0 Å². The van der Waals surface area contributed by atoms with Gasteiger partial charge in [0.1, 0.15) is 0 Å². The Morgan fingerprint density at radius 1 is 1.33 bits per heavy atom. The quantitative estimate of drug-likeness (QED) is 0.908. The van der Waals surface area contributed by atoms with Crippen molar-refractivity contribution in [3.05, 3.63) is 28.2 Å². The van der Waals surface area contributed by atoms with Crippen LogP contribution in [0.4, 0.5) is 0 Å². The predicted octanol–water partition coefficient (Wildman–Crippen LogP) is 2.08. The minimum Gasteiger partial charge on any atom is -0.386 e. The number of hydrogen-bond acceptors (Lipinski definition) is 3. The van der Waals surface area contributed by atoms with E-state index in [9.17, 15) is 13.5 Å². The smallest absolute Gasteiger partial charge is 0.175 e. The Hall–Kier alpha value is -0.390. The first-order valence-electron chi connectivity index (χ1n) is 4.35. The number of aliphatic hydroxyl groups is 1. The molecule has 0 atom stereocenters. The molecule has 0 radical (unpaired) electrons. The third kappa shape index (κ3) is 3.03. The fourth-order valence-corrected chi connectivity index (χ4v) is 2.88. The predicted molar refractivity (Wildman–Crippen MR) is 62.5 cm³/mol. The molecule has 0 bridgehead atoms. The zero-order valence-electron chi connectivity index (χ0n) is 8.78. The van der Waals surface area contributed by atoms with Gasteiger partial charge >= 0.3 is 0 Å². The summed E-state index contributed by atoms with van der Waals surface area (Å²) in [4.78, 5) is 0.157. The van der Waals surface area contributed by atoms with E-state index in [-0.39, 0.29) is 4.90 Å². The van der Waals surface area contributed by atoms with E-state index < -0.39 is 15.4 Å². The lowest BCUT2D eigenvalue weighted by Gasteiger charge is -2.20. The fraction of sp³-hybridized carbons (Fsp3) is 0.400. The molecule has 0 aliphatic heterocycles. The highest BCUT2D eigenvalue weighted by Crippen LogP contribution is 2.29. The van der Waals surface area contributed by atoms with Crippen LogP contribution >= 0.6 is 15.9 Å². The normalized spacial score (nSPS) is 12.9. The van der Waals surface area contributed by atoms with Gasteiger partial charge in [0.05, 0.1) is 10.5 Å². The monoisotopic (exact) mass is 292 g/mol. The Labute approximate surface area is 98.2 Å². The molecular formula is C10H13BrO3S. The van der Waals surface area contributed by atoms with E-state index in [2.05, 4.69) is 15.9 Å². The van der Waals surface area contributed by atoms with Gasteiger partial charge in [0.15, 0.2) is 9.84 Å². The first-order chi connectivity index (χ1) is 6.62. The molecule has 0 amide bonds. The van der Waals surface area contributed by atoms with Crippen LogP contribution in [-0.2, 0) is 15.4 Å². The van der Waals surface area contributed by atoms with Gasteiger partial charge < -0.3 is 5.11 Å². The van der Waals surface area contributed by atoms with Crippen LogP contribution in [0.15, 0.2) is 27.6 Å². The summed E-state index contributed by atoms with van der Waals surface area (Å²) in [6.07, 6.45) is 1.13. The molecule has 84 valence electrons. The van der Waals surface area contributed by atoms with Gasteiger partial charge in [-0.3, -0.25) is 0 Å². The maximum Gasteiger partial charge on any atom is 0.175 e. The maximum atomic E-state index is 11.5. The van der Waals surface area contributed by atoms with Crippen LogP contribution in [0.2, 0.25) is 0 Å². The average Bonchev–Trinajstić information content (AvgIpc) is 2.00. The minimum atomic E-state index is -3.33. The molecule has 0 saturated heterocycles. The lowest BCUT2D eigenvalue weighted by atomic mass is 9.99. The summed E-state index contributed by atoms with van der Waals surface area (Å²) in [5.41, 5.74) is -0.757. The largest absolute Gasteiger partial charge is 0.386 e.